The molecular weight excluding hydrogens is 370 g/mol. The molecule has 1 heterocycles. The molecule has 3 rings (SSSR count). The number of carbonyl (C=O) groups is 2. The van der Waals surface area contributed by atoms with Gasteiger partial charge in [0.15, 0.2) is 0 Å². The maximum absolute atomic E-state index is 12.3. The van der Waals surface area contributed by atoms with Gasteiger partial charge in [0.25, 0.3) is 0 Å². The Morgan fingerprint density at radius 3 is 2.10 bits per heavy atom. The normalized spacial score (nSPS) is 17.1. The molecule has 29 heavy (non-hydrogen) atoms. The highest BCUT2D eigenvalue weighted by Crippen LogP contribution is 2.35. The molecule has 1 fully saturated rings. The Hall–Kier alpha value is -2.86. The number of β-amino-alcohol motifs (C(OH)–C–C–N with tert-alkyl or cyclic N) is 1. The minimum atomic E-state index is -0.950. The minimum Gasteiger partial charge on any atom is -0.491 e. The van der Waals surface area contributed by atoms with Gasteiger partial charge in [0, 0.05) is 12.8 Å². The Morgan fingerprint density at radius 2 is 1.52 bits per heavy atom. The van der Waals surface area contributed by atoms with Crippen molar-refractivity contribution >= 4 is 11.8 Å². The lowest BCUT2D eigenvalue weighted by atomic mass is 9.77. The van der Waals surface area contributed by atoms with Crippen molar-refractivity contribution in [3.05, 3.63) is 54.6 Å². The van der Waals surface area contributed by atoms with Gasteiger partial charge in [0.1, 0.15) is 30.0 Å². The van der Waals surface area contributed by atoms with Crippen LogP contribution < -0.4 is 9.47 Å². The molecule has 0 unspecified atom stereocenters. The fraction of sp³-hybridized carbons (Fsp3) is 0.391. The number of piperidine rings is 1. The first-order valence-corrected chi connectivity index (χ1v) is 9.85. The van der Waals surface area contributed by atoms with Crippen molar-refractivity contribution < 1.29 is 24.2 Å². The molecule has 154 valence electrons. The number of aliphatic hydroxyl groups excluding tert-OH is 1. The van der Waals surface area contributed by atoms with Gasteiger partial charge in [-0.15, -0.1) is 0 Å². The van der Waals surface area contributed by atoms with E-state index in [2.05, 4.69) is 0 Å². The number of aliphatic hydroxyl groups is 1. The van der Waals surface area contributed by atoms with Crippen LogP contribution >= 0.6 is 0 Å². The summed E-state index contributed by atoms with van der Waals surface area (Å²) in [5, 5.41) is 10.2. The highest BCUT2D eigenvalue weighted by molar-refractivity contribution is 5.98. The summed E-state index contributed by atoms with van der Waals surface area (Å²) in [7, 11) is 0. The minimum absolute atomic E-state index is 0.0129. The molecule has 2 aromatic rings. The maximum Gasteiger partial charge on any atom is 0.229 e. The zero-order valence-electron chi connectivity index (χ0n) is 16.8. The van der Waals surface area contributed by atoms with E-state index in [4.69, 9.17) is 9.47 Å². The second kappa shape index (κ2) is 9.09. The van der Waals surface area contributed by atoms with Crippen molar-refractivity contribution in [1.82, 2.24) is 4.90 Å². The lowest BCUT2D eigenvalue weighted by Crippen LogP contribution is -2.50. The zero-order chi connectivity index (χ0) is 20.9. The van der Waals surface area contributed by atoms with E-state index in [0.717, 1.165) is 17.1 Å². The molecule has 2 aromatic carbocycles. The highest BCUT2D eigenvalue weighted by Gasteiger charge is 2.39. The van der Waals surface area contributed by atoms with E-state index in [1.165, 1.54) is 0 Å². The number of nitrogens with zero attached hydrogens (tertiary/aromatic N) is 1. The molecule has 6 nitrogen and oxygen atoms in total. The third kappa shape index (κ3) is 5.57. The first-order valence-electron chi connectivity index (χ1n) is 9.85. The Bertz CT molecular complexity index is 816. The molecule has 1 atom stereocenters. The van der Waals surface area contributed by atoms with Gasteiger partial charge < -0.3 is 14.6 Å². The molecule has 0 aromatic heterocycles. The van der Waals surface area contributed by atoms with Crippen LogP contribution in [0.2, 0.25) is 0 Å². The lowest BCUT2D eigenvalue weighted by molar-refractivity contribution is -0.155. The summed E-state index contributed by atoms with van der Waals surface area (Å²) in [4.78, 5) is 25.8. The predicted octanol–water partition coefficient (Wildman–Crippen LogP) is 3.78. The second-order valence-corrected chi connectivity index (χ2v) is 7.77. The second-order valence-electron chi connectivity index (χ2n) is 7.77. The third-order valence-electron chi connectivity index (χ3n) is 5.25. The van der Waals surface area contributed by atoms with E-state index < -0.39 is 6.10 Å². The SMILES string of the molecule is CCC1(C)CC(=O)N(C[C@H](O)COc2ccc(Oc3ccccc3)cc2)C(=O)C1. The number of benzene rings is 2. The Balaban J connectivity index is 1.48. The molecule has 1 N–H and O–H groups in total. The van der Waals surface area contributed by atoms with Crippen molar-refractivity contribution in [2.45, 2.75) is 39.2 Å². The summed E-state index contributed by atoms with van der Waals surface area (Å²) >= 11 is 0. The number of hydrogen-bond acceptors (Lipinski definition) is 5. The van der Waals surface area contributed by atoms with Crippen molar-refractivity contribution in [2.24, 2.45) is 5.41 Å². The van der Waals surface area contributed by atoms with Crippen molar-refractivity contribution in [3.63, 3.8) is 0 Å². The summed E-state index contributed by atoms with van der Waals surface area (Å²) in [5.74, 6) is 1.53. The van der Waals surface area contributed by atoms with Crippen LogP contribution in [0.1, 0.15) is 33.1 Å². The summed E-state index contributed by atoms with van der Waals surface area (Å²) in [5.41, 5.74) is -0.282. The number of para-hydroxylation sites is 1. The molecule has 0 bridgehead atoms. The molecule has 1 aliphatic heterocycles. The van der Waals surface area contributed by atoms with Crippen LogP contribution in [-0.4, -0.2) is 41.1 Å². The van der Waals surface area contributed by atoms with Crippen LogP contribution in [0.15, 0.2) is 54.6 Å². The van der Waals surface area contributed by atoms with E-state index in [0.29, 0.717) is 24.3 Å². The van der Waals surface area contributed by atoms with E-state index in [9.17, 15) is 14.7 Å². The number of carbonyl (C=O) groups excluding carboxylic acids is 2. The molecule has 1 saturated heterocycles. The largest absolute Gasteiger partial charge is 0.491 e. The molecule has 1 aliphatic rings. The molecular formula is C23H27NO5. The van der Waals surface area contributed by atoms with Gasteiger partial charge in [-0.25, -0.2) is 0 Å². The van der Waals surface area contributed by atoms with Crippen LogP contribution in [0.5, 0.6) is 17.2 Å². The Morgan fingerprint density at radius 1 is 0.966 bits per heavy atom. The number of imide groups is 1. The molecule has 0 radical (unpaired) electrons. The molecule has 6 heteroatoms. The summed E-state index contributed by atoms with van der Waals surface area (Å²) in [6.07, 6.45) is 0.472. The monoisotopic (exact) mass is 397 g/mol. The molecule has 0 saturated carbocycles. The smallest absolute Gasteiger partial charge is 0.229 e. The van der Waals surface area contributed by atoms with Crippen LogP contribution in [0, 0.1) is 5.41 Å². The first kappa shape index (κ1) is 20.9. The highest BCUT2D eigenvalue weighted by atomic mass is 16.5. The average Bonchev–Trinajstić information content (AvgIpc) is 2.71. The van der Waals surface area contributed by atoms with E-state index in [-0.39, 0.29) is 30.4 Å². The van der Waals surface area contributed by atoms with E-state index >= 15 is 0 Å². The van der Waals surface area contributed by atoms with Gasteiger partial charge >= 0.3 is 0 Å². The van der Waals surface area contributed by atoms with Crippen molar-refractivity contribution in [3.8, 4) is 17.2 Å². The van der Waals surface area contributed by atoms with Gasteiger partial charge in [0.05, 0.1) is 6.54 Å². The fourth-order valence-electron chi connectivity index (χ4n) is 3.26. The topological polar surface area (TPSA) is 76.1 Å². The maximum atomic E-state index is 12.3. The van der Waals surface area contributed by atoms with Crippen LogP contribution in [-0.2, 0) is 9.59 Å². The van der Waals surface area contributed by atoms with Crippen LogP contribution in [0.25, 0.3) is 0 Å². The number of amides is 2. The van der Waals surface area contributed by atoms with Crippen LogP contribution in [0.4, 0.5) is 0 Å². The standard InChI is InChI=1S/C23H27NO5/c1-3-23(2)13-21(26)24(22(27)14-23)15-17(25)16-28-18-9-11-20(12-10-18)29-19-7-5-4-6-8-19/h4-12,17,25H,3,13-16H2,1-2H3/t17-/m0/s1. The number of likely N-dealkylation sites (tertiary alicyclic amines) is 1. The van der Waals surface area contributed by atoms with Gasteiger partial charge in [-0.3, -0.25) is 14.5 Å². The predicted molar refractivity (Wildman–Crippen MR) is 109 cm³/mol. The number of hydrogen-bond donors (Lipinski definition) is 1. The summed E-state index contributed by atoms with van der Waals surface area (Å²) in [6.45, 7) is 3.87. The Labute approximate surface area is 171 Å². The fourth-order valence-corrected chi connectivity index (χ4v) is 3.26. The third-order valence-corrected chi connectivity index (χ3v) is 5.25. The lowest BCUT2D eigenvalue weighted by Gasteiger charge is -2.37. The van der Waals surface area contributed by atoms with Crippen molar-refractivity contribution in [2.75, 3.05) is 13.2 Å². The molecule has 0 aliphatic carbocycles. The van der Waals surface area contributed by atoms with Crippen molar-refractivity contribution in [1.29, 1.82) is 0 Å². The van der Waals surface area contributed by atoms with E-state index in [1.807, 2.05) is 44.2 Å². The Kier molecular flexibility index (Phi) is 6.54. The summed E-state index contributed by atoms with van der Waals surface area (Å²) in [6, 6.07) is 16.5. The van der Waals surface area contributed by atoms with Gasteiger partial charge in [-0.05, 0) is 48.2 Å². The zero-order valence-corrected chi connectivity index (χ0v) is 16.8. The van der Waals surface area contributed by atoms with E-state index in [1.54, 1.807) is 24.3 Å². The number of ether oxygens (including phenoxy) is 2. The molecule has 0 spiro atoms. The molecule has 2 amide bonds. The quantitative estimate of drug-likeness (QED) is 0.686. The summed E-state index contributed by atoms with van der Waals surface area (Å²) < 4.78 is 11.3. The van der Waals surface area contributed by atoms with Gasteiger partial charge in [-0.2, -0.15) is 0 Å². The van der Waals surface area contributed by atoms with Gasteiger partial charge in [-0.1, -0.05) is 32.0 Å². The van der Waals surface area contributed by atoms with Crippen LogP contribution in [0.3, 0.4) is 0 Å². The average molecular weight is 397 g/mol. The van der Waals surface area contributed by atoms with Gasteiger partial charge in [0.2, 0.25) is 11.8 Å². The first-order chi connectivity index (χ1) is 13.9. The number of rotatable bonds is 8.